The van der Waals surface area contributed by atoms with E-state index in [1.807, 2.05) is 18.2 Å². The van der Waals surface area contributed by atoms with E-state index in [9.17, 15) is 9.59 Å². The molecule has 0 aliphatic heterocycles. The predicted molar refractivity (Wildman–Crippen MR) is 83.1 cm³/mol. The molecule has 2 aromatic heterocycles. The summed E-state index contributed by atoms with van der Waals surface area (Å²) in [6, 6.07) is 12.6. The summed E-state index contributed by atoms with van der Waals surface area (Å²) in [6.07, 6.45) is 4.60. The average molecular weight is 291 g/mol. The molecule has 22 heavy (non-hydrogen) atoms. The minimum Gasteiger partial charge on any atom is -0.294 e. The fraction of sp³-hybridized carbons (Fsp3) is 0.0588. The van der Waals surface area contributed by atoms with Gasteiger partial charge in [-0.25, -0.2) is 0 Å². The molecule has 2 heterocycles. The van der Waals surface area contributed by atoms with Crippen LogP contribution in [-0.2, 0) is 0 Å². The Bertz CT molecular complexity index is 871. The number of rotatable bonds is 3. The van der Waals surface area contributed by atoms with Crippen molar-refractivity contribution >= 4 is 5.78 Å². The van der Waals surface area contributed by atoms with Gasteiger partial charge in [-0.1, -0.05) is 30.3 Å². The van der Waals surface area contributed by atoms with Crippen molar-refractivity contribution in [3.05, 3.63) is 77.0 Å². The normalized spacial score (nSPS) is 10.4. The molecule has 0 bridgehead atoms. The van der Waals surface area contributed by atoms with E-state index in [0.717, 1.165) is 0 Å². The van der Waals surface area contributed by atoms with Crippen LogP contribution in [0.1, 0.15) is 17.3 Å². The molecule has 3 rings (SSSR count). The third-order valence-corrected chi connectivity index (χ3v) is 3.31. The highest BCUT2D eigenvalue weighted by Gasteiger charge is 2.17. The summed E-state index contributed by atoms with van der Waals surface area (Å²) in [5, 5.41) is 4.10. The minimum atomic E-state index is -0.341. The Kier molecular flexibility index (Phi) is 3.62. The smallest absolute Gasteiger partial charge is 0.280 e. The maximum Gasteiger partial charge on any atom is 0.280 e. The summed E-state index contributed by atoms with van der Waals surface area (Å²) >= 11 is 0. The standard InChI is InChI=1S/C17H13N3O2/c1-12(21)15-11-19-20(14-8-5-9-18-10-14)17(22)16(15)13-6-3-2-4-7-13/h2-11H,1H3. The number of benzene rings is 1. The molecule has 0 amide bonds. The molecule has 0 radical (unpaired) electrons. The molecule has 5 nitrogen and oxygen atoms in total. The van der Waals surface area contributed by atoms with E-state index in [1.54, 1.807) is 36.7 Å². The van der Waals surface area contributed by atoms with E-state index in [1.165, 1.54) is 17.8 Å². The van der Waals surface area contributed by atoms with E-state index in [2.05, 4.69) is 10.1 Å². The van der Waals surface area contributed by atoms with Gasteiger partial charge < -0.3 is 0 Å². The lowest BCUT2D eigenvalue weighted by Gasteiger charge is -2.10. The molecule has 5 heteroatoms. The molecule has 0 spiro atoms. The third kappa shape index (κ3) is 2.44. The largest absolute Gasteiger partial charge is 0.294 e. The molecule has 0 saturated carbocycles. The van der Waals surface area contributed by atoms with Gasteiger partial charge in [-0.05, 0) is 24.6 Å². The Morgan fingerprint density at radius 2 is 1.82 bits per heavy atom. The Morgan fingerprint density at radius 1 is 1.05 bits per heavy atom. The number of nitrogens with zero attached hydrogens (tertiary/aromatic N) is 3. The molecule has 0 atom stereocenters. The van der Waals surface area contributed by atoms with E-state index in [4.69, 9.17) is 0 Å². The number of hydrogen-bond donors (Lipinski definition) is 0. The summed E-state index contributed by atoms with van der Waals surface area (Å²) in [6.45, 7) is 1.43. The zero-order chi connectivity index (χ0) is 15.5. The Balaban J connectivity index is 2.31. The molecule has 0 unspecified atom stereocenters. The molecular formula is C17H13N3O2. The molecular weight excluding hydrogens is 278 g/mol. The van der Waals surface area contributed by atoms with Crippen LogP contribution < -0.4 is 5.56 Å². The first-order valence-corrected chi connectivity index (χ1v) is 6.77. The number of aromatic nitrogens is 3. The van der Waals surface area contributed by atoms with Crippen LogP contribution in [0.5, 0.6) is 0 Å². The lowest BCUT2D eigenvalue weighted by atomic mass is 10.0. The van der Waals surface area contributed by atoms with Crippen molar-refractivity contribution in [3.8, 4) is 16.8 Å². The highest BCUT2D eigenvalue weighted by molar-refractivity contribution is 6.00. The number of carbonyl (C=O) groups is 1. The van der Waals surface area contributed by atoms with Crippen molar-refractivity contribution < 1.29 is 4.79 Å². The van der Waals surface area contributed by atoms with Crippen molar-refractivity contribution in [2.75, 3.05) is 0 Å². The van der Waals surface area contributed by atoms with Gasteiger partial charge in [-0.15, -0.1) is 0 Å². The highest BCUT2D eigenvalue weighted by atomic mass is 16.1. The lowest BCUT2D eigenvalue weighted by molar-refractivity contribution is 0.101. The van der Waals surface area contributed by atoms with E-state index in [0.29, 0.717) is 22.4 Å². The van der Waals surface area contributed by atoms with Gasteiger partial charge in [0.05, 0.1) is 29.2 Å². The van der Waals surface area contributed by atoms with Crippen LogP contribution in [0.3, 0.4) is 0 Å². The topological polar surface area (TPSA) is 64.8 Å². The van der Waals surface area contributed by atoms with Gasteiger partial charge in [-0.3, -0.25) is 14.6 Å². The molecule has 0 aliphatic rings. The second-order valence-corrected chi connectivity index (χ2v) is 4.78. The van der Waals surface area contributed by atoms with Crippen LogP contribution >= 0.6 is 0 Å². The van der Waals surface area contributed by atoms with Gasteiger partial charge in [0.1, 0.15) is 0 Å². The lowest BCUT2D eigenvalue weighted by Crippen LogP contribution is -2.25. The van der Waals surface area contributed by atoms with Gasteiger partial charge in [0.2, 0.25) is 0 Å². The second-order valence-electron chi connectivity index (χ2n) is 4.78. The van der Waals surface area contributed by atoms with Crippen LogP contribution in [0.2, 0.25) is 0 Å². The number of Topliss-reactive ketones (excluding diaryl/α,β-unsaturated/α-hetero) is 1. The van der Waals surface area contributed by atoms with Gasteiger partial charge in [0, 0.05) is 6.20 Å². The van der Waals surface area contributed by atoms with Crippen molar-refractivity contribution in [2.45, 2.75) is 6.92 Å². The van der Waals surface area contributed by atoms with Gasteiger partial charge in [0.15, 0.2) is 5.78 Å². The first-order chi connectivity index (χ1) is 10.7. The van der Waals surface area contributed by atoms with Crippen LogP contribution in [0, 0.1) is 0 Å². The average Bonchev–Trinajstić information content (AvgIpc) is 2.56. The quantitative estimate of drug-likeness (QED) is 0.695. The van der Waals surface area contributed by atoms with Crippen LogP contribution in [0.15, 0.2) is 65.8 Å². The van der Waals surface area contributed by atoms with Crippen LogP contribution in [0.4, 0.5) is 0 Å². The Labute approximate surface area is 126 Å². The SMILES string of the molecule is CC(=O)c1cnn(-c2cccnc2)c(=O)c1-c1ccccc1. The molecule has 108 valence electrons. The van der Waals surface area contributed by atoms with Crippen LogP contribution in [-0.4, -0.2) is 20.5 Å². The van der Waals surface area contributed by atoms with Crippen molar-refractivity contribution in [1.82, 2.24) is 14.8 Å². The summed E-state index contributed by atoms with van der Waals surface area (Å²) in [5.74, 6) is -0.193. The third-order valence-electron chi connectivity index (χ3n) is 3.31. The monoisotopic (exact) mass is 291 g/mol. The summed E-state index contributed by atoms with van der Waals surface area (Å²) in [5.41, 5.74) is 1.58. The van der Waals surface area contributed by atoms with Crippen LogP contribution in [0.25, 0.3) is 16.8 Å². The zero-order valence-electron chi connectivity index (χ0n) is 11.9. The molecule has 0 fully saturated rings. The van der Waals surface area contributed by atoms with E-state index >= 15 is 0 Å². The first kappa shape index (κ1) is 13.9. The minimum absolute atomic E-state index is 0.193. The van der Waals surface area contributed by atoms with Crippen molar-refractivity contribution in [2.24, 2.45) is 0 Å². The van der Waals surface area contributed by atoms with Gasteiger partial charge >= 0.3 is 0 Å². The molecule has 3 aromatic rings. The van der Waals surface area contributed by atoms with Gasteiger partial charge in [-0.2, -0.15) is 9.78 Å². The highest BCUT2D eigenvalue weighted by Crippen LogP contribution is 2.20. The summed E-state index contributed by atoms with van der Waals surface area (Å²) < 4.78 is 1.25. The summed E-state index contributed by atoms with van der Waals surface area (Å²) in [4.78, 5) is 28.7. The molecule has 0 saturated heterocycles. The predicted octanol–water partition coefficient (Wildman–Crippen LogP) is 2.50. The maximum atomic E-state index is 12.8. The fourth-order valence-corrected chi connectivity index (χ4v) is 2.27. The Morgan fingerprint density at radius 3 is 2.45 bits per heavy atom. The van der Waals surface area contributed by atoms with E-state index in [-0.39, 0.29) is 11.3 Å². The maximum absolute atomic E-state index is 12.8. The number of carbonyl (C=O) groups excluding carboxylic acids is 1. The number of ketones is 1. The molecule has 0 aliphatic carbocycles. The molecule has 1 aromatic carbocycles. The number of hydrogen-bond acceptors (Lipinski definition) is 4. The van der Waals surface area contributed by atoms with Crippen molar-refractivity contribution in [3.63, 3.8) is 0 Å². The molecule has 0 N–H and O–H groups in total. The summed E-state index contributed by atoms with van der Waals surface area (Å²) in [7, 11) is 0. The fourth-order valence-electron chi connectivity index (χ4n) is 2.27. The Hall–Kier alpha value is -3.08. The first-order valence-electron chi connectivity index (χ1n) is 6.77. The van der Waals surface area contributed by atoms with E-state index < -0.39 is 0 Å². The van der Waals surface area contributed by atoms with Gasteiger partial charge in [0.25, 0.3) is 5.56 Å². The van der Waals surface area contributed by atoms with Crippen molar-refractivity contribution in [1.29, 1.82) is 0 Å². The zero-order valence-corrected chi connectivity index (χ0v) is 11.9. The second kappa shape index (κ2) is 5.73. The number of pyridine rings is 1.